The first kappa shape index (κ1) is 22.0. The van der Waals surface area contributed by atoms with Crippen LogP contribution < -0.4 is 5.32 Å². The molecule has 0 unspecified atom stereocenters. The van der Waals surface area contributed by atoms with Crippen LogP contribution in [-0.4, -0.2) is 44.8 Å². The molecule has 0 bridgehead atoms. The number of anilines is 1. The number of hydrogen-bond donors (Lipinski definition) is 1. The first-order valence-electron chi connectivity index (χ1n) is 10.4. The number of amides is 1. The zero-order valence-corrected chi connectivity index (χ0v) is 18.5. The summed E-state index contributed by atoms with van der Waals surface area (Å²) < 4.78 is 32.4. The van der Waals surface area contributed by atoms with Crippen LogP contribution in [0.2, 0.25) is 0 Å². The number of fused-ring (bicyclic) bond motifs is 1. The molecule has 1 aliphatic rings. The van der Waals surface area contributed by atoms with Crippen molar-refractivity contribution in [3.8, 4) is 0 Å². The van der Waals surface area contributed by atoms with Gasteiger partial charge in [-0.2, -0.15) is 4.31 Å². The molecule has 8 heteroatoms. The summed E-state index contributed by atoms with van der Waals surface area (Å²) in [6, 6.07) is 19.3. The molecule has 0 saturated carbocycles. The summed E-state index contributed by atoms with van der Waals surface area (Å²) in [5, 5.41) is 4.68. The number of hydrogen-bond acceptors (Lipinski definition) is 5. The van der Waals surface area contributed by atoms with Crippen molar-refractivity contribution in [1.82, 2.24) is 4.31 Å². The normalized spacial score (nSPS) is 15.4. The molecule has 3 aromatic carbocycles. The molecule has 0 atom stereocenters. The van der Waals surface area contributed by atoms with Crippen molar-refractivity contribution < 1.29 is 22.7 Å². The van der Waals surface area contributed by atoms with Gasteiger partial charge in [0.05, 0.1) is 17.6 Å². The Balaban J connectivity index is 1.41. The van der Waals surface area contributed by atoms with E-state index in [2.05, 4.69) is 5.32 Å². The van der Waals surface area contributed by atoms with Gasteiger partial charge in [-0.3, -0.25) is 4.79 Å². The highest BCUT2D eigenvalue weighted by molar-refractivity contribution is 7.89. The molecule has 0 spiro atoms. The number of nitrogens with one attached hydrogen (secondary N) is 1. The van der Waals surface area contributed by atoms with Gasteiger partial charge in [-0.05, 0) is 53.9 Å². The molecule has 1 heterocycles. The Hall–Kier alpha value is -3.23. The number of sulfonamides is 1. The van der Waals surface area contributed by atoms with E-state index in [0.717, 1.165) is 10.8 Å². The molecule has 0 aromatic heterocycles. The lowest BCUT2D eigenvalue weighted by Crippen LogP contribution is -2.41. The maximum Gasteiger partial charge on any atom is 0.337 e. The van der Waals surface area contributed by atoms with Crippen LogP contribution in [0.1, 0.15) is 23.2 Å². The van der Waals surface area contributed by atoms with Gasteiger partial charge in [-0.1, -0.05) is 36.4 Å². The van der Waals surface area contributed by atoms with E-state index in [9.17, 15) is 18.0 Å². The fraction of sp³-hybridized carbons (Fsp3) is 0.250. The minimum atomic E-state index is -3.63. The number of esters is 1. The molecule has 1 amide bonds. The lowest BCUT2D eigenvalue weighted by molar-refractivity contribution is -0.120. The van der Waals surface area contributed by atoms with Crippen LogP contribution in [0.25, 0.3) is 10.8 Å². The van der Waals surface area contributed by atoms with Crippen molar-refractivity contribution in [3.05, 3.63) is 72.3 Å². The third-order valence-corrected chi connectivity index (χ3v) is 7.63. The second kappa shape index (κ2) is 9.10. The summed E-state index contributed by atoms with van der Waals surface area (Å²) in [6.45, 7) is 0.547. The van der Waals surface area contributed by atoms with Crippen molar-refractivity contribution >= 4 is 38.4 Å². The number of rotatable bonds is 5. The van der Waals surface area contributed by atoms with Crippen LogP contribution in [0.3, 0.4) is 0 Å². The predicted molar refractivity (Wildman–Crippen MR) is 122 cm³/mol. The van der Waals surface area contributed by atoms with Crippen molar-refractivity contribution in [1.29, 1.82) is 0 Å². The van der Waals surface area contributed by atoms with E-state index < -0.39 is 16.0 Å². The fourth-order valence-corrected chi connectivity index (χ4v) is 5.43. The average Bonchev–Trinajstić information content (AvgIpc) is 2.83. The maximum absolute atomic E-state index is 13.1. The molecule has 32 heavy (non-hydrogen) atoms. The summed E-state index contributed by atoms with van der Waals surface area (Å²) >= 11 is 0. The summed E-state index contributed by atoms with van der Waals surface area (Å²) in [5.74, 6) is -0.970. The smallest absolute Gasteiger partial charge is 0.337 e. The van der Waals surface area contributed by atoms with Crippen LogP contribution in [0.15, 0.2) is 71.6 Å². The van der Waals surface area contributed by atoms with Crippen LogP contribution in [0, 0.1) is 5.92 Å². The van der Waals surface area contributed by atoms with E-state index in [1.54, 1.807) is 36.4 Å². The van der Waals surface area contributed by atoms with E-state index >= 15 is 0 Å². The lowest BCUT2D eigenvalue weighted by Gasteiger charge is -2.30. The Labute approximate surface area is 187 Å². The number of carbonyl (C=O) groups excluding carboxylic acids is 2. The number of nitrogens with zero attached hydrogens (tertiary/aromatic N) is 1. The molecule has 1 saturated heterocycles. The second-order valence-electron chi connectivity index (χ2n) is 7.75. The Morgan fingerprint density at radius 2 is 1.66 bits per heavy atom. The van der Waals surface area contributed by atoms with E-state index in [0.29, 0.717) is 24.1 Å². The Morgan fingerprint density at radius 3 is 2.38 bits per heavy atom. The monoisotopic (exact) mass is 452 g/mol. The standard InChI is InChI=1S/C24H24N2O5S/c1-31-24(28)20-7-4-8-21(15-20)25-23(27)18-11-13-26(14-12-18)32(29,30)22-10-9-17-5-2-3-6-19(17)16-22/h2-10,15-16,18H,11-14H2,1H3,(H,25,27). The van der Waals surface area contributed by atoms with Gasteiger partial charge in [0.1, 0.15) is 0 Å². The lowest BCUT2D eigenvalue weighted by atomic mass is 9.97. The van der Waals surface area contributed by atoms with Gasteiger partial charge in [0.15, 0.2) is 0 Å². The maximum atomic E-state index is 13.1. The first-order valence-corrected chi connectivity index (χ1v) is 11.8. The Morgan fingerprint density at radius 1 is 0.938 bits per heavy atom. The molecule has 1 fully saturated rings. The summed E-state index contributed by atoms with van der Waals surface area (Å²) in [4.78, 5) is 24.6. The van der Waals surface area contributed by atoms with Gasteiger partial charge >= 0.3 is 5.97 Å². The molecular weight excluding hydrogens is 428 g/mol. The predicted octanol–water partition coefficient (Wildman–Crippen LogP) is 3.67. The minimum absolute atomic E-state index is 0.185. The molecule has 1 N–H and O–H groups in total. The number of piperidine rings is 1. The van der Waals surface area contributed by atoms with Gasteiger partial charge < -0.3 is 10.1 Å². The van der Waals surface area contributed by atoms with Gasteiger partial charge in [0.25, 0.3) is 0 Å². The fourth-order valence-electron chi connectivity index (χ4n) is 3.92. The van der Waals surface area contributed by atoms with Crippen LogP contribution in [0.4, 0.5) is 5.69 Å². The first-order chi connectivity index (χ1) is 15.4. The van der Waals surface area contributed by atoms with Crippen LogP contribution in [-0.2, 0) is 19.6 Å². The van der Waals surface area contributed by atoms with Crippen molar-refractivity contribution in [3.63, 3.8) is 0 Å². The minimum Gasteiger partial charge on any atom is -0.465 e. The Bertz CT molecular complexity index is 1260. The molecule has 4 rings (SSSR count). The van der Waals surface area contributed by atoms with Gasteiger partial charge in [0, 0.05) is 24.7 Å². The third-order valence-electron chi connectivity index (χ3n) is 5.73. The molecule has 166 valence electrons. The van der Waals surface area contributed by atoms with Crippen molar-refractivity contribution in [2.75, 3.05) is 25.5 Å². The third kappa shape index (κ3) is 4.51. The highest BCUT2D eigenvalue weighted by Gasteiger charge is 2.32. The van der Waals surface area contributed by atoms with E-state index in [4.69, 9.17) is 4.74 Å². The highest BCUT2D eigenvalue weighted by atomic mass is 32.2. The quantitative estimate of drug-likeness (QED) is 0.597. The second-order valence-corrected chi connectivity index (χ2v) is 9.69. The molecule has 3 aromatic rings. The molecule has 0 aliphatic carbocycles. The summed E-state index contributed by atoms with van der Waals surface area (Å²) in [5.41, 5.74) is 0.853. The zero-order valence-electron chi connectivity index (χ0n) is 17.7. The van der Waals surface area contributed by atoms with Gasteiger partial charge in [-0.15, -0.1) is 0 Å². The topological polar surface area (TPSA) is 92.8 Å². The molecule has 7 nitrogen and oxygen atoms in total. The largest absolute Gasteiger partial charge is 0.465 e. The zero-order chi connectivity index (χ0) is 22.7. The molecular formula is C24H24N2O5S. The van der Waals surface area contributed by atoms with Gasteiger partial charge in [-0.25, -0.2) is 13.2 Å². The van der Waals surface area contributed by atoms with Crippen molar-refractivity contribution in [2.24, 2.45) is 5.92 Å². The summed E-state index contributed by atoms with van der Waals surface area (Å²) in [7, 11) is -2.33. The Kier molecular flexibility index (Phi) is 6.25. The van der Waals surface area contributed by atoms with E-state index in [-0.39, 0.29) is 29.8 Å². The number of ether oxygens (including phenoxy) is 1. The number of methoxy groups -OCH3 is 1. The number of benzene rings is 3. The van der Waals surface area contributed by atoms with Gasteiger partial charge in [0.2, 0.25) is 15.9 Å². The van der Waals surface area contributed by atoms with Crippen molar-refractivity contribution in [2.45, 2.75) is 17.7 Å². The highest BCUT2D eigenvalue weighted by Crippen LogP contribution is 2.27. The number of carbonyl (C=O) groups is 2. The molecule has 1 aliphatic heterocycles. The van der Waals surface area contributed by atoms with E-state index in [1.807, 2.05) is 30.3 Å². The molecule has 0 radical (unpaired) electrons. The van der Waals surface area contributed by atoms with Crippen LogP contribution >= 0.6 is 0 Å². The van der Waals surface area contributed by atoms with E-state index in [1.165, 1.54) is 11.4 Å². The SMILES string of the molecule is COC(=O)c1cccc(NC(=O)C2CCN(S(=O)(=O)c3ccc4ccccc4c3)CC2)c1. The van der Waals surface area contributed by atoms with Crippen LogP contribution in [0.5, 0.6) is 0 Å². The summed E-state index contributed by atoms with van der Waals surface area (Å²) in [6.07, 6.45) is 0.852. The average molecular weight is 453 g/mol.